The Morgan fingerprint density at radius 2 is 2.12 bits per heavy atom. The molecule has 0 atom stereocenters. The fraction of sp³-hybridized carbons (Fsp3) is 0.100. The van der Waals surface area contributed by atoms with Crippen LogP contribution >= 0.6 is 11.8 Å². The molecule has 1 heterocycles. The molecule has 0 fully saturated rings. The molecule has 0 aliphatic heterocycles. The van der Waals surface area contributed by atoms with Gasteiger partial charge in [0.05, 0.1) is 0 Å². The number of halogens is 2. The van der Waals surface area contributed by atoms with Crippen LogP contribution in [0.15, 0.2) is 39.8 Å². The molecule has 3 nitrogen and oxygen atoms in total. The number of thioether (sulfide) groups is 1. The lowest BCUT2D eigenvalue weighted by molar-refractivity contribution is 0.252. The lowest BCUT2D eigenvalue weighted by atomic mass is 10.1. The molecule has 2 N–H and O–H groups in total. The van der Waals surface area contributed by atoms with Crippen LogP contribution in [-0.2, 0) is 0 Å². The summed E-state index contributed by atoms with van der Waals surface area (Å²) in [6, 6.07) is 8.22. The first-order valence-electron chi connectivity index (χ1n) is 4.42. The second-order valence-electron chi connectivity index (χ2n) is 3.02. The molecule has 0 spiro atoms. The van der Waals surface area contributed by atoms with Crippen LogP contribution in [0.2, 0.25) is 0 Å². The molecule has 0 aliphatic carbocycles. The first-order chi connectivity index (χ1) is 7.65. The molecule has 6 heteroatoms. The van der Waals surface area contributed by atoms with E-state index in [0.717, 1.165) is 0 Å². The lowest BCUT2D eigenvalue weighted by Crippen LogP contribution is -1.83. The molecule has 0 amide bonds. The summed E-state index contributed by atoms with van der Waals surface area (Å²) in [5, 5.41) is 3.71. The van der Waals surface area contributed by atoms with E-state index in [2.05, 4.69) is 5.16 Å². The van der Waals surface area contributed by atoms with Crippen LogP contribution in [0.25, 0.3) is 11.3 Å². The number of alkyl halides is 2. The molecule has 0 bridgehead atoms. The van der Waals surface area contributed by atoms with Crippen LogP contribution in [0.4, 0.5) is 14.7 Å². The average Bonchev–Trinajstić information content (AvgIpc) is 2.64. The van der Waals surface area contributed by atoms with E-state index in [1.165, 1.54) is 0 Å². The number of nitrogens with zero attached hydrogens (tertiary/aromatic N) is 1. The van der Waals surface area contributed by atoms with E-state index in [0.29, 0.717) is 27.9 Å². The molecule has 2 rings (SSSR count). The number of nitrogens with two attached hydrogens (primary N) is 1. The number of anilines is 1. The number of hydrogen-bond donors (Lipinski definition) is 1. The largest absolute Gasteiger partial charge is 0.368 e. The Hall–Kier alpha value is -1.56. The highest BCUT2D eigenvalue weighted by molar-refractivity contribution is 7.99. The number of hydrogen-bond acceptors (Lipinski definition) is 4. The first kappa shape index (κ1) is 10.9. The second-order valence-corrected chi connectivity index (χ2v) is 4.08. The van der Waals surface area contributed by atoms with E-state index >= 15 is 0 Å². The van der Waals surface area contributed by atoms with Crippen molar-refractivity contribution in [2.45, 2.75) is 10.7 Å². The normalized spacial score (nSPS) is 10.9. The summed E-state index contributed by atoms with van der Waals surface area (Å²) in [7, 11) is 0. The van der Waals surface area contributed by atoms with Crippen molar-refractivity contribution in [3.63, 3.8) is 0 Å². The minimum atomic E-state index is -2.43. The SMILES string of the molecule is Nc1cc(-c2cccc(SC(F)F)c2)no1. The molecule has 0 aliphatic rings. The summed E-state index contributed by atoms with van der Waals surface area (Å²) >= 11 is 0.491. The summed E-state index contributed by atoms with van der Waals surface area (Å²) < 4.78 is 29.0. The van der Waals surface area contributed by atoms with Gasteiger partial charge in [0.25, 0.3) is 5.76 Å². The van der Waals surface area contributed by atoms with Crippen molar-refractivity contribution in [2.24, 2.45) is 0 Å². The third-order valence-electron chi connectivity index (χ3n) is 1.88. The Morgan fingerprint density at radius 1 is 1.31 bits per heavy atom. The Balaban J connectivity index is 2.28. The smallest absolute Gasteiger partial charge is 0.288 e. The van der Waals surface area contributed by atoms with Gasteiger partial charge in [-0.3, -0.25) is 0 Å². The van der Waals surface area contributed by atoms with Crippen molar-refractivity contribution in [1.29, 1.82) is 0 Å². The standard InChI is InChI=1S/C10H8F2N2OS/c11-10(12)16-7-3-1-2-6(4-7)8-5-9(13)15-14-8/h1-5,10H,13H2. The van der Waals surface area contributed by atoms with Crippen LogP contribution in [0.3, 0.4) is 0 Å². The van der Waals surface area contributed by atoms with Gasteiger partial charge >= 0.3 is 0 Å². The monoisotopic (exact) mass is 242 g/mol. The highest BCUT2D eigenvalue weighted by Gasteiger charge is 2.08. The van der Waals surface area contributed by atoms with E-state index < -0.39 is 5.76 Å². The second kappa shape index (κ2) is 4.52. The minimum Gasteiger partial charge on any atom is -0.368 e. The van der Waals surface area contributed by atoms with Gasteiger partial charge in [-0.1, -0.05) is 29.1 Å². The number of benzene rings is 1. The van der Waals surface area contributed by atoms with Crippen LogP contribution in [-0.4, -0.2) is 10.9 Å². The highest BCUT2D eigenvalue weighted by atomic mass is 32.2. The lowest BCUT2D eigenvalue weighted by Gasteiger charge is -2.01. The molecule has 0 radical (unpaired) electrons. The van der Waals surface area contributed by atoms with Gasteiger partial charge in [-0.25, -0.2) is 0 Å². The van der Waals surface area contributed by atoms with Crippen molar-refractivity contribution in [2.75, 3.05) is 5.73 Å². The predicted molar refractivity (Wildman–Crippen MR) is 58.2 cm³/mol. The number of nitrogen functional groups attached to an aromatic ring is 1. The van der Waals surface area contributed by atoms with Gasteiger partial charge in [-0.05, 0) is 12.1 Å². The molecule has 0 unspecified atom stereocenters. The minimum absolute atomic E-state index is 0.196. The zero-order valence-corrected chi connectivity index (χ0v) is 8.88. The molecule has 1 aromatic heterocycles. The summed E-state index contributed by atoms with van der Waals surface area (Å²) in [6.07, 6.45) is 0. The molecule has 0 saturated heterocycles. The van der Waals surface area contributed by atoms with Gasteiger partial charge in [0.2, 0.25) is 5.88 Å². The van der Waals surface area contributed by atoms with Crippen molar-refractivity contribution in [3.8, 4) is 11.3 Å². The van der Waals surface area contributed by atoms with Crippen LogP contribution < -0.4 is 5.73 Å². The molecular weight excluding hydrogens is 234 g/mol. The Labute approximate surface area is 94.6 Å². The Morgan fingerprint density at radius 3 is 2.75 bits per heavy atom. The van der Waals surface area contributed by atoms with Crippen molar-refractivity contribution in [3.05, 3.63) is 30.3 Å². The molecule has 0 saturated carbocycles. The van der Waals surface area contributed by atoms with Gasteiger partial charge in [0, 0.05) is 16.5 Å². The number of aromatic nitrogens is 1. The van der Waals surface area contributed by atoms with Crippen LogP contribution in [0, 0.1) is 0 Å². The maximum atomic E-state index is 12.2. The van der Waals surface area contributed by atoms with Gasteiger partial charge in [-0.15, -0.1) is 0 Å². The molecule has 16 heavy (non-hydrogen) atoms. The Bertz CT molecular complexity index is 487. The van der Waals surface area contributed by atoms with Crippen molar-refractivity contribution in [1.82, 2.24) is 5.16 Å². The van der Waals surface area contributed by atoms with Crippen molar-refractivity contribution >= 4 is 17.6 Å². The zero-order valence-electron chi connectivity index (χ0n) is 8.06. The van der Waals surface area contributed by atoms with E-state index in [4.69, 9.17) is 10.3 Å². The maximum absolute atomic E-state index is 12.2. The van der Waals surface area contributed by atoms with E-state index in [1.807, 2.05) is 0 Å². The van der Waals surface area contributed by atoms with Gasteiger partial charge in [-0.2, -0.15) is 8.78 Å². The Kier molecular flexibility index (Phi) is 3.09. The van der Waals surface area contributed by atoms with Crippen LogP contribution in [0.1, 0.15) is 0 Å². The third kappa shape index (κ3) is 2.52. The third-order valence-corrected chi connectivity index (χ3v) is 2.59. The van der Waals surface area contributed by atoms with Crippen molar-refractivity contribution < 1.29 is 13.3 Å². The quantitative estimate of drug-likeness (QED) is 0.839. The number of rotatable bonds is 3. The van der Waals surface area contributed by atoms with Gasteiger partial charge in [0.15, 0.2) is 0 Å². The van der Waals surface area contributed by atoms with E-state index in [1.54, 1.807) is 30.3 Å². The average molecular weight is 242 g/mol. The summed E-state index contributed by atoms with van der Waals surface area (Å²) in [5.41, 5.74) is 6.62. The maximum Gasteiger partial charge on any atom is 0.288 e. The molecule has 1 aromatic carbocycles. The topological polar surface area (TPSA) is 52.0 Å². The van der Waals surface area contributed by atoms with E-state index in [9.17, 15) is 8.78 Å². The summed E-state index contributed by atoms with van der Waals surface area (Å²) in [6.45, 7) is 0. The fourth-order valence-electron chi connectivity index (χ4n) is 1.26. The molecule has 2 aromatic rings. The predicted octanol–water partition coefficient (Wildman–Crippen LogP) is 3.24. The fourth-order valence-corrected chi connectivity index (χ4v) is 1.81. The van der Waals surface area contributed by atoms with Crippen LogP contribution in [0.5, 0.6) is 0 Å². The van der Waals surface area contributed by atoms with E-state index in [-0.39, 0.29) is 5.88 Å². The highest BCUT2D eigenvalue weighted by Crippen LogP contribution is 2.29. The van der Waals surface area contributed by atoms with Gasteiger partial charge < -0.3 is 10.3 Å². The summed E-state index contributed by atoms with van der Waals surface area (Å²) in [4.78, 5) is 0.481. The van der Waals surface area contributed by atoms with Gasteiger partial charge in [0.1, 0.15) is 5.69 Å². The molecular formula is C10H8F2N2OS. The summed E-state index contributed by atoms with van der Waals surface area (Å²) in [5.74, 6) is -2.24. The zero-order chi connectivity index (χ0) is 11.5. The molecule has 84 valence electrons. The first-order valence-corrected chi connectivity index (χ1v) is 5.30.